The number of fused-ring (bicyclic) bond motifs is 1. The largest absolute Gasteiger partial charge is 0.507 e. The maximum Gasteiger partial charge on any atom is 0.229 e. The van der Waals surface area contributed by atoms with Gasteiger partial charge >= 0.3 is 0 Å². The van der Waals surface area contributed by atoms with Gasteiger partial charge in [0.05, 0.1) is 13.2 Å². The summed E-state index contributed by atoms with van der Waals surface area (Å²) in [4.78, 5) is 12.5. The number of aliphatic hydroxyl groups is 6. The standard InChI is InChI=1S/C21H26O11/c1-9(6-22)2-3-11-13(31-21-20(29)19(28)18(27)15(8-24)32-21)5-14-16(17(11)26)12(25)4-10(7-23)30-14/h2,4-5,15,18-24,26-29H,3,6-8H2,1H3/t15-,18-,19+,20-,21-/m1/s1. The molecule has 176 valence electrons. The van der Waals surface area contributed by atoms with E-state index in [1.54, 1.807) is 13.0 Å². The van der Waals surface area contributed by atoms with Crippen LogP contribution in [0.4, 0.5) is 0 Å². The summed E-state index contributed by atoms with van der Waals surface area (Å²) in [6, 6.07) is 2.30. The molecule has 1 aromatic carbocycles. The van der Waals surface area contributed by atoms with Crippen LogP contribution in [-0.4, -0.2) is 79.7 Å². The molecule has 0 radical (unpaired) electrons. The molecule has 1 aliphatic heterocycles. The summed E-state index contributed by atoms with van der Waals surface area (Å²) in [6.07, 6.45) is -6.13. The summed E-state index contributed by atoms with van der Waals surface area (Å²) in [5.41, 5.74) is -0.0289. The van der Waals surface area contributed by atoms with Crippen LogP contribution in [-0.2, 0) is 17.8 Å². The zero-order valence-corrected chi connectivity index (χ0v) is 17.2. The topological polar surface area (TPSA) is 190 Å². The lowest BCUT2D eigenvalue weighted by atomic mass is 9.99. The molecule has 1 saturated heterocycles. The molecular weight excluding hydrogens is 428 g/mol. The van der Waals surface area contributed by atoms with Gasteiger partial charge in [-0.05, 0) is 13.3 Å². The predicted molar refractivity (Wildman–Crippen MR) is 109 cm³/mol. The molecule has 1 aromatic heterocycles. The summed E-state index contributed by atoms with van der Waals surface area (Å²) in [7, 11) is 0. The maximum atomic E-state index is 12.5. The number of hydrogen-bond donors (Lipinski definition) is 7. The Morgan fingerprint density at radius 1 is 1.12 bits per heavy atom. The lowest BCUT2D eigenvalue weighted by Crippen LogP contribution is -2.60. The van der Waals surface area contributed by atoms with Gasteiger partial charge in [0.1, 0.15) is 59.3 Å². The number of benzene rings is 1. The zero-order chi connectivity index (χ0) is 23.6. The van der Waals surface area contributed by atoms with E-state index in [1.807, 2.05) is 0 Å². The molecule has 0 saturated carbocycles. The van der Waals surface area contributed by atoms with Crippen molar-refractivity contribution in [3.05, 3.63) is 45.3 Å². The van der Waals surface area contributed by atoms with Gasteiger partial charge in [-0.25, -0.2) is 0 Å². The average molecular weight is 454 g/mol. The highest BCUT2D eigenvalue weighted by Crippen LogP contribution is 2.37. The molecule has 2 heterocycles. The van der Waals surface area contributed by atoms with Gasteiger partial charge < -0.3 is 49.6 Å². The molecule has 0 amide bonds. The molecular formula is C21H26O11. The quantitative estimate of drug-likeness (QED) is 0.245. The highest BCUT2D eigenvalue weighted by Gasteiger charge is 2.45. The SMILES string of the molecule is CC(=CCc1c(O[C@@H]2O[C@H](CO)[C@@H](O)[C@H](O)[C@H]2O)cc2oc(CO)cc(=O)c2c1O)CO. The van der Waals surface area contributed by atoms with E-state index in [4.69, 9.17) is 13.9 Å². The molecule has 1 aliphatic rings. The molecule has 32 heavy (non-hydrogen) atoms. The lowest BCUT2D eigenvalue weighted by molar-refractivity contribution is -0.277. The van der Waals surface area contributed by atoms with E-state index in [2.05, 4.69) is 0 Å². The van der Waals surface area contributed by atoms with Crippen LogP contribution < -0.4 is 10.2 Å². The number of phenols is 1. The van der Waals surface area contributed by atoms with E-state index < -0.39 is 55.1 Å². The van der Waals surface area contributed by atoms with E-state index in [9.17, 15) is 40.5 Å². The van der Waals surface area contributed by atoms with Crippen LogP contribution in [0.2, 0.25) is 0 Å². The minimum absolute atomic E-state index is 0.0160. The monoisotopic (exact) mass is 454 g/mol. The number of aliphatic hydroxyl groups excluding tert-OH is 6. The van der Waals surface area contributed by atoms with Crippen LogP contribution in [0.1, 0.15) is 18.2 Å². The molecule has 7 N–H and O–H groups in total. The van der Waals surface area contributed by atoms with Crippen molar-refractivity contribution in [2.45, 2.75) is 50.7 Å². The molecule has 2 aromatic rings. The Labute approximate surface area is 182 Å². The van der Waals surface area contributed by atoms with Crippen molar-refractivity contribution in [1.82, 2.24) is 0 Å². The Kier molecular flexibility index (Phi) is 7.51. The van der Waals surface area contributed by atoms with Crippen molar-refractivity contribution in [3.8, 4) is 11.5 Å². The first kappa shape index (κ1) is 24.1. The predicted octanol–water partition coefficient (Wildman–Crippen LogP) is -1.35. The Bertz CT molecular complexity index is 1040. The molecule has 0 bridgehead atoms. The first-order valence-corrected chi connectivity index (χ1v) is 9.87. The fourth-order valence-electron chi connectivity index (χ4n) is 3.38. The zero-order valence-electron chi connectivity index (χ0n) is 17.2. The Morgan fingerprint density at radius 2 is 1.84 bits per heavy atom. The van der Waals surface area contributed by atoms with Gasteiger partial charge in [0.25, 0.3) is 0 Å². The second-order valence-electron chi connectivity index (χ2n) is 7.54. The molecule has 11 nitrogen and oxygen atoms in total. The highest BCUT2D eigenvalue weighted by atomic mass is 16.7. The molecule has 0 aliphatic carbocycles. The van der Waals surface area contributed by atoms with Crippen molar-refractivity contribution in [2.75, 3.05) is 13.2 Å². The van der Waals surface area contributed by atoms with Gasteiger partial charge in [0, 0.05) is 17.7 Å². The normalized spacial score (nSPS) is 26.5. The van der Waals surface area contributed by atoms with Crippen molar-refractivity contribution in [3.63, 3.8) is 0 Å². The number of ether oxygens (including phenoxy) is 2. The number of phenolic OH excluding ortho intramolecular Hbond substituents is 1. The number of rotatable bonds is 7. The van der Waals surface area contributed by atoms with Crippen LogP contribution in [0, 0.1) is 0 Å². The van der Waals surface area contributed by atoms with Crippen molar-refractivity contribution >= 4 is 11.0 Å². The summed E-state index contributed by atoms with van der Waals surface area (Å²) < 4.78 is 16.5. The Balaban J connectivity index is 2.11. The third kappa shape index (κ3) is 4.64. The van der Waals surface area contributed by atoms with Gasteiger partial charge in [0.15, 0.2) is 5.43 Å². The van der Waals surface area contributed by atoms with Crippen molar-refractivity contribution < 1.29 is 49.6 Å². The molecule has 1 fully saturated rings. The third-order valence-corrected chi connectivity index (χ3v) is 5.26. The van der Waals surface area contributed by atoms with Crippen LogP contribution in [0.5, 0.6) is 11.5 Å². The molecule has 0 unspecified atom stereocenters. The van der Waals surface area contributed by atoms with Gasteiger partial charge in [-0.2, -0.15) is 0 Å². The summed E-state index contributed by atoms with van der Waals surface area (Å²) in [6.45, 7) is 0.195. The summed E-state index contributed by atoms with van der Waals surface area (Å²) >= 11 is 0. The highest BCUT2D eigenvalue weighted by molar-refractivity contribution is 5.87. The molecule has 5 atom stereocenters. The fraction of sp³-hybridized carbons (Fsp3) is 0.476. The van der Waals surface area contributed by atoms with E-state index in [0.29, 0.717) is 5.57 Å². The van der Waals surface area contributed by atoms with Crippen molar-refractivity contribution in [1.29, 1.82) is 0 Å². The first-order chi connectivity index (χ1) is 15.2. The van der Waals surface area contributed by atoms with Crippen LogP contribution in [0.25, 0.3) is 11.0 Å². The first-order valence-electron chi connectivity index (χ1n) is 9.87. The summed E-state index contributed by atoms with van der Waals surface area (Å²) in [5.74, 6) is -0.605. The van der Waals surface area contributed by atoms with Crippen LogP contribution in [0.3, 0.4) is 0 Å². The lowest BCUT2D eigenvalue weighted by Gasteiger charge is -2.39. The fourth-order valence-corrected chi connectivity index (χ4v) is 3.38. The summed E-state index contributed by atoms with van der Waals surface area (Å²) in [5, 5.41) is 68.8. The van der Waals surface area contributed by atoms with E-state index in [1.165, 1.54) is 6.07 Å². The van der Waals surface area contributed by atoms with E-state index >= 15 is 0 Å². The molecule has 11 heteroatoms. The minimum atomic E-state index is -1.70. The molecule has 3 rings (SSSR count). The maximum absolute atomic E-state index is 12.5. The Hall–Kier alpha value is -2.51. The smallest absolute Gasteiger partial charge is 0.229 e. The van der Waals surface area contributed by atoms with Crippen molar-refractivity contribution in [2.24, 2.45) is 0 Å². The third-order valence-electron chi connectivity index (χ3n) is 5.26. The number of hydrogen-bond acceptors (Lipinski definition) is 11. The van der Waals surface area contributed by atoms with Crippen LogP contribution in [0.15, 0.2) is 33.0 Å². The van der Waals surface area contributed by atoms with E-state index in [0.717, 1.165) is 6.07 Å². The van der Waals surface area contributed by atoms with Gasteiger partial charge in [-0.3, -0.25) is 4.79 Å². The number of aromatic hydroxyl groups is 1. The average Bonchev–Trinajstić information content (AvgIpc) is 2.78. The second kappa shape index (κ2) is 9.96. The second-order valence-corrected chi connectivity index (χ2v) is 7.54. The van der Waals surface area contributed by atoms with E-state index in [-0.39, 0.29) is 41.1 Å². The number of allylic oxidation sites excluding steroid dienone is 1. The molecule has 0 spiro atoms. The van der Waals surface area contributed by atoms with Crippen LogP contribution >= 0.6 is 0 Å². The minimum Gasteiger partial charge on any atom is -0.507 e. The Morgan fingerprint density at radius 3 is 2.47 bits per heavy atom. The van der Waals surface area contributed by atoms with Gasteiger partial charge in [0.2, 0.25) is 6.29 Å². The van der Waals surface area contributed by atoms with Gasteiger partial charge in [-0.1, -0.05) is 11.6 Å². The van der Waals surface area contributed by atoms with Gasteiger partial charge in [-0.15, -0.1) is 0 Å².